The van der Waals surface area contributed by atoms with E-state index in [1.54, 1.807) is 5.56 Å². The standard InChI is InChI=1S/C57H44/c1-56(2)50-23-10-8-18-42(50)44-28-26-38(34-52(44)56)55-47-21-7-6-20-46(47)54(48-30-25-37(33-49(48)55)41-22-14-16-36-15-4-5-17-40(36)41)39-27-29-45-43-19-9-11-24-51(43)57(53(45)35-39)31-12-3-13-32-57/h4-11,14-30,33-35H,3,12-13,31-32H2,1-2H3. The summed E-state index contributed by atoms with van der Waals surface area (Å²) in [5.74, 6) is 0. The third-order valence-corrected chi connectivity index (χ3v) is 14.3. The van der Waals surface area contributed by atoms with E-state index < -0.39 is 0 Å². The molecule has 0 saturated heterocycles. The Labute approximate surface area is 335 Å². The maximum Gasteiger partial charge on any atom is 0.0215 e. The zero-order valence-electron chi connectivity index (χ0n) is 32.7. The van der Waals surface area contributed by atoms with Gasteiger partial charge in [-0.05, 0) is 141 Å². The van der Waals surface area contributed by atoms with E-state index in [0.717, 1.165) is 0 Å². The minimum atomic E-state index is -0.0847. The molecule has 0 aliphatic heterocycles. The van der Waals surface area contributed by atoms with Crippen molar-refractivity contribution < 1.29 is 0 Å². The molecule has 0 unspecified atom stereocenters. The molecule has 3 aliphatic carbocycles. The zero-order chi connectivity index (χ0) is 37.9. The van der Waals surface area contributed by atoms with Crippen LogP contribution in [0.3, 0.4) is 0 Å². The van der Waals surface area contributed by atoms with Crippen LogP contribution in [-0.4, -0.2) is 0 Å². The Balaban J connectivity index is 1.15. The van der Waals surface area contributed by atoms with Crippen LogP contribution in [0.2, 0.25) is 0 Å². The van der Waals surface area contributed by atoms with E-state index in [2.05, 4.69) is 184 Å². The van der Waals surface area contributed by atoms with Crippen LogP contribution in [0.4, 0.5) is 0 Å². The van der Waals surface area contributed by atoms with Crippen molar-refractivity contribution >= 4 is 32.3 Å². The van der Waals surface area contributed by atoms with Gasteiger partial charge in [0, 0.05) is 10.8 Å². The number of benzene rings is 9. The SMILES string of the molecule is CC1(C)c2ccccc2-c2ccc(-c3c4ccccc4c(-c4ccc5c(c4)C4(CCCCC4)c4ccccc4-5)c4ccc(-c5cccc6ccccc56)cc34)cc21. The fraction of sp³-hybridized carbons (Fsp3) is 0.158. The van der Waals surface area contributed by atoms with E-state index in [9.17, 15) is 0 Å². The third-order valence-electron chi connectivity index (χ3n) is 14.3. The molecular weight excluding hydrogens is 685 g/mol. The molecule has 0 aromatic heterocycles. The molecule has 9 aromatic carbocycles. The van der Waals surface area contributed by atoms with Crippen molar-refractivity contribution in [2.75, 3.05) is 0 Å². The molecule has 0 N–H and O–H groups in total. The molecule has 0 nitrogen and oxygen atoms in total. The lowest BCUT2D eigenvalue weighted by Gasteiger charge is -2.36. The van der Waals surface area contributed by atoms with Gasteiger partial charge in [0.05, 0.1) is 0 Å². The van der Waals surface area contributed by atoms with Gasteiger partial charge >= 0.3 is 0 Å². The molecule has 0 heterocycles. The van der Waals surface area contributed by atoms with Gasteiger partial charge < -0.3 is 0 Å². The average molecular weight is 729 g/mol. The molecule has 12 rings (SSSR count). The van der Waals surface area contributed by atoms with Crippen molar-refractivity contribution in [2.24, 2.45) is 0 Å². The Morgan fingerprint density at radius 1 is 0.333 bits per heavy atom. The van der Waals surface area contributed by atoms with Gasteiger partial charge in [0.2, 0.25) is 0 Å². The molecule has 57 heavy (non-hydrogen) atoms. The van der Waals surface area contributed by atoms with Gasteiger partial charge in [-0.3, -0.25) is 0 Å². The van der Waals surface area contributed by atoms with Gasteiger partial charge in [-0.25, -0.2) is 0 Å². The molecule has 0 bridgehead atoms. The summed E-state index contributed by atoms with van der Waals surface area (Å²) in [5, 5.41) is 7.79. The molecule has 0 atom stereocenters. The molecule has 9 aromatic rings. The Bertz CT molecular complexity index is 3120. The summed E-state index contributed by atoms with van der Waals surface area (Å²) >= 11 is 0. The Morgan fingerprint density at radius 3 is 1.60 bits per heavy atom. The zero-order valence-corrected chi connectivity index (χ0v) is 32.7. The van der Waals surface area contributed by atoms with Crippen LogP contribution in [0.15, 0.2) is 170 Å². The van der Waals surface area contributed by atoms with Crippen molar-refractivity contribution in [1.29, 1.82) is 0 Å². The molecule has 0 radical (unpaired) electrons. The smallest absolute Gasteiger partial charge is 0.0215 e. The first-order chi connectivity index (χ1) is 28.0. The first-order valence-corrected chi connectivity index (χ1v) is 21.0. The van der Waals surface area contributed by atoms with Crippen LogP contribution in [-0.2, 0) is 10.8 Å². The summed E-state index contributed by atoms with van der Waals surface area (Å²) in [6.07, 6.45) is 6.37. The normalized spacial score (nSPS) is 15.8. The number of fused-ring (bicyclic) bond motifs is 11. The number of rotatable bonds is 3. The van der Waals surface area contributed by atoms with Gasteiger partial charge in [0.15, 0.2) is 0 Å². The maximum absolute atomic E-state index is 2.61. The first-order valence-electron chi connectivity index (χ1n) is 21.0. The lowest BCUT2D eigenvalue weighted by atomic mass is 9.67. The summed E-state index contributed by atoms with van der Waals surface area (Å²) in [6.45, 7) is 4.79. The highest BCUT2D eigenvalue weighted by Crippen LogP contribution is 2.57. The molecule has 3 aliphatic rings. The van der Waals surface area contributed by atoms with E-state index in [1.165, 1.54) is 137 Å². The summed E-state index contributed by atoms with van der Waals surface area (Å²) in [5.41, 5.74) is 19.3. The number of hydrogen-bond acceptors (Lipinski definition) is 0. The predicted octanol–water partition coefficient (Wildman–Crippen LogP) is 15.7. The van der Waals surface area contributed by atoms with Gasteiger partial charge in [-0.1, -0.05) is 185 Å². The van der Waals surface area contributed by atoms with Crippen LogP contribution in [0.25, 0.3) is 88.0 Å². The van der Waals surface area contributed by atoms with E-state index in [0.29, 0.717) is 0 Å². The minimum Gasteiger partial charge on any atom is -0.0619 e. The van der Waals surface area contributed by atoms with Crippen LogP contribution in [0.1, 0.15) is 68.2 Å². The average Bonchev–Trinajstić information content (AvgIpc) is 3.66. The monoisotopic (exact) mass is 728 g/mol. The maximum atomic E-state index is 2.61. The van der Waals surface area contributed by atoms with Crippen LogP contribution in [0, 0.1) is 0 Å². The lowest BCUT2D eigenvalue weighted by molar-refractivity contribution is 0.353. The Hall–Kier alpha value is -6.24. The highest BCUT2D eigenvalue weighted by atomic mass is 14.5. The Morgan fingerprint density at radius 2 is 0.842 bits per heavy atom. The van der Waals surface area contributed by atoms with Crippen molar-refractivity contribution in [2.45, 2.75) is 56.8 Å². The predicted molar refractivity (Wildman–Crippen MR) is 242 cm³/mol. The van der Waals surface area contributed by atoms with E-state index in [-0.39, 0.29) is 10.8 Å². The second-order valence-corrected chi connectivity index (χ2v) is 17.5. The molecule has 272 valence electrons. The van der Waals surface area contributed by atoms with Crippen LogP contribution < -0.4 is 0 Å². The van der Waals surface area contributed by atoms with Crippen molar-refractivity contribution in [3.05, 3.63) is 192 Å². The summed E-state index contributed by atoms with van der Waals surface area (Å²) in [4.78, 5) is 0. The van der Waals surface area contributed by atoms with Gasteiger partial charge in [-0.2, -0.15) is 0 Å². The fourth-order valence-corrected chi connectivity index (χ4v) is 11.6. The van der Waals surface area contributed by atoms with E-state index >= 15 is 0 Å². The van der Waals surface area contributed by atoms with Crippen molar-refractivity contribution in [3.8, 4) is 55.6 Å². The number of hydrogen-bond donors (Lipinski definition) is 0. The second-order valence-electron chi connectivity index (χ2n) is 17.5. The first kappa shape index (κ1) is 33.0. The topological polar surface area (TPSA) is 0 Å². The molecule has 1 spiro atoms. The van der Waals surface area contributed by atoms with Gasteiger partial charge in [0.25, 0.3) is 0 Å². The summed E-state index contributed by atoms with van der Waals surface area (Å²) < 4.78 is 0. The van der Waals surface area contributed by atoms with E-state index in [1.807, 2.05) is 0 Å². The summed E-state index contributed by atoms with van der Waals surface area (Å²) in [7, 11) is 0. The molecule has 0 heteroatoms. The van der Waals surface area contributed by atoms with Crippen LogP contribution >= 0.6 is 0 Å². The van der Waals surface area contributed by atoms with E-state index in [4.69, 9.17) is 0 Å². The van der Waals surface area contributed by atoms with Crippen LogP contribution in [0.5, 0.6) is 0 Å². The molecular formula is C57H44. The molecule has 1 saturated carbocycles. The van der Waals surface area contributed by atoms with Crippen molar-refractivity contribution in [3.63, 3.8) is 0 Å². The summed E-state index contributed by atoms with van der Waals surface area (Å²) in [6, 6.07) is 65.1. The van der Waals surface area contributed by atoms with Gasteiger partial charge in [-0.15, -0.1) is 0 Å². The van der Waals surface area contributed by atoms with Crippen molar-refractivity contribution in [1.82, 2.24) is 0 Å². The molecule has 1 fully saturated rings. The Kier molecular flexibility index (Phi) is 7.01. The highest BCUT2D eigenvalue weighted by Gasteiger charge is 2.44. The lowest BCUT2D eigenvalue weighted by Crippen LogP contribution is -2.28. The second kappa shape index (κ2) is 12.1. The quantitative estimate of drug-likeness (QED) is 0.159. The van der Waals surface area contributed by atoms with Gasteiger partial charge in [0.1, 0.15) is 0 Å². The highest BCUT2D eigenvalue weighted by molar-refractivity contribution is 6.22. The third kappa shape index (κ3) is 4.62. The minimum absolute atomic E-state index is 0.0847. The fourth-order valence-electron chi connectivity index (χ4n) is 11.6. The largest absolute Gasteiger partial charge is 0.0619 e. The molecule has 0 amide bonds.